The zero-order valence-electron chi connectivity index (χ0n) is 13.1. The van der Waals surface area contributed by atoms with E-state index in [0.717, 1.165) is 24.0 Å². The van der Waals surface area contributed by atoms with Gasteiger partial charge in [-0.3, -0.25) is 4.79 Å². The van der Waals surface area contributed by atoms with Crippen molar-refractivity contribution >= 4 is 5.91 Å². The summed E-state index contributed by atoms with van der Waals surface area (Å²) in [5.74, 6) is 0.392. The minimum atomic E-state index is -0.0609. The standard InChI is InChI=1S/C20H23NO/c1-15-8-7-13-18(14-15)19(16-9-3-2-4-10-16)21-20(22)17-11-5-6-12-17/h2-4,7-10,13-14,17,19H,5-6,11-12H2,1H3,(H,21,22). The predicted molar refractivity (Wildman–Crippen MR) is 89.6 cm³/mol. The van der Waals surface area contributed by atoms with Crippen molar-refractivity contribution in [1.82, 2.24) is 5.32 Å². The zero-order chi connectivity index (χ0) is 15.4. The molecule has 1 aliphatic rings. The normalized spacial score (nSPS) is 16.4. The highest BCUT2D eigenvalue weighted by atomic mass is 16.1. The van der Waals surface area contributed by atoms with Gasteiger partial charge in [0.05, 0.1) is 6.04 Å². The van der Waals surface area contributed by atoms with Crippen molar-refractivity contribution in [2.75, 3.05) is 0 Å². The topological polar surface area (TPSA) is 29.1 Å². The lowest BCUT2D eigenvalue weighted by Crippen LogP contribution is -2.33. The summed E-state index contributed by atoms with van der Waals surface area (Å²) in [6.07, 6.45) is 4.42. The van der Waals surface area contributed by atoms with Crippen molar-refractivity contribution in [1.29, 1.82) is 0 Å². The number of aryl methyl sites for hydroxylation is 1. The molecule has 2 heteroatoms. The fourth-order valence-corrected chi connectivity index (χ4v) is 3.30. The van der Waals surface area contributed by atoms with E-state index in [-0.39, 0.29) is 17.9 Å². The van der Waals surface area contributed by atoms with Crippen LogP contribution in [0.4, 0.5) is 0 Å². The first-order valence-electron chi connectivity index (χ1n) is 8.16. The van der Waals surface area contributed by atoms with E-state index in [1.165, 1.54) is 18.4 Å². The molecule has 1 unspecified atom stereocenters. The van der Waals surface area contributed by atoms with Crippen molar-refractivity contribution in [2.24, 2.45) is 5.92 Å². The van der Waals surface area contributed by atoms with Gasteiger partial charge in [-0.15, -0.1) is 0 Å². The van der Waals surface area contributed by atoms with Gasteiger partial charge in [0.1, 0.15) is 0 Å². The minimum Gasteiger partial charge on any atom is -0.345 e. The van der Waals surface area contributed by atoms with Crippen molar-refractivity contribution in [3.8, 4) is 0 Å². The molecule has 0 saturated heterocycles. The molecule has 2 aromatic rings. The summed E-state index contributed by atoms with van der Waals surface area (Å²) in [6.45, 7) is 2.09. The molecule has 0 bridgehead atoms. The van der Waals surface area contributed by atoms with Gasteiger partial charge in [0.2, 0.25) is 5.91 Å². The highest BCUT2D eigenvalue weighted by Crippen LogP contribution is 2.28. The van der Waals surface area contributed by atoms with Gasteiger partial charge in [-0.25, -0.2) is 0 Å². The first-order valence-corrected chi connectivity index (χ1v) is 8.16. The Bertz CT molecular complexity index is 629. The van der Waals surface area contributed by atoms with Gasteiger partial charge in [-0.05, 0) is 30.9 Å². The summed E-state index contributed by atoms with van der Waals surface area (Å²) in [7, 11) is 0. The molecule has 22 heavy (non-hydrogen) atoms. The Morgan fingerprint density at radius 3 is 2.36 bits per heavy atom. The zero-order valence-corrected chi connectivity index (χ0v) is 13.1. The second kappa shape index (κ2) is 6.78. The first kappa shape index (κ1) is 14.8. The smallest absolute Gasteiger partial charge is 0.223 e. The quantitative estimate of drug-likeness (QED) is 0.890. The molecule has 2 nitrogen and oxygen atoms in total. The van der Waals surface area contributed by atoms with Crippen LogP contribution in [0, 0.1) is 12.8 Å². The third-order valence-corrected chi connectivity index (χ3v) is 4.52. The van der Waals surface area contributed by atoms with Crippen LogP contribution in [0.5, 0.6) is 0 Å². The summed E-state index contributed by atoms with van der Waals surface area (Å²) >= 11 is 0. The number of nitrogens with one attached hydrogen (secondary N) is 1. The monoisotopic (exact) mass is 293 g/mol. The molecule has 0 radical (unpaired) electrons. The summed E-state index contributed by atoms with van der Waals surface area (Å²) in [4.78, 5) is 12.6. The van der Waals surface area contributed by atoms with E-state index in [1.54, 1.807) is 0 Å². The Morgan fingerprint density at radius 1 is 1.00 bits per heavy atom. The molecule has 3 rings (SSSR count). The van der Waals surface area contributed by atoms with Gasteiger partial charge < -0.3 is 5.32 Å². The van der Waals surface area contributed by atoms with E-state index in [4.69, 9.17) is 0 Å². The van der Waals surface area contributed by atoms with Crippen LogP contribution in [0.3, 0.4) is 0 Å². The van der Waals surface area contributed by atoms with Gasteiger partial charge >= 0.3 is 0 Å². The van der Waals surface area contributed by atoms with E-state index < -0.39 is 0 Å². The largest absolute Gasteiger partial charge is 0.345 e. The molecular formula is C20H23NO. The molecule has 1 atom stereocenters. The number of hydrogen-bond donors (Lipinski definition) is 1. The van der Waals surface area contributed by atoms with Crippen LogP contribution in [0.2, 0.25) is 0 Å². The third-order valence-electron chi connectivity index (χ3n) is 4.52. The second-order valence-electron chi connectivity index (χ2n) is 6.25. The fraction of sp³-hybridized carbons (Fsp3) is 0.350. The van der Waals surface area contributed by atoms with Crippen LogP contribution >= 0.6 is 0 Å². The Kier molecular flexibility index (Phi) is 4.57. The lowest BCUT2D eigenvalue weighted by molar-refractivity contribution is -0.125. The van der Waals surface area contributed by atoms with E-state index in [0.29, 0.717) is 0 Å². The second-order valence-corrected chi connectivity index (χ2v) is 6.25. The Hall–Kier alpha value is -2.09. The highest BCUT2D eigenvalue weighted by molar-refractivity contribution is 5.79. The molecule has 0 aliphatic heterocycles. The average molecular weight is 293 g/mol. The molecule has 1 fully saturated rings. The van der Waals surface area contributed by atoms with Gasteiger partial charge in [0.25, 0.3) is 0 Å². The van der Waals surface area contributed by atoms with Gasteiger partial charge in [-0.2, -0.15) is 0 Å². The number of carbonyl (C=O) groups excluding carboxylic acids is 1. The van der Waals surface area contributed by atoms with Crippen LogP contribution < -0.4 is 5.32 Å². The van der Waals surface area contributed by atoms with Gasteiger partial charge in [-0.1, -0.05) is 73.0 Å². The van der Waals surface area contributed by atoms with E-state index in [9.17, 15) is 4.79 Å². The number of hydrogen-bond acceptors (Lipinski definition) is 1. The molecule has 1 saturated carbocycles. The maximum Gasteiger partial charge on any atom is 0.223 e. The number of amides is 1. The summed E-state index contributed by atoms with van der Waals surface area (Å²) in [5.41, 5.74) is 3.51. The molecular weight excluding hydrogens is 270 g/mol. The molecule has 1 N–H and O–H groups in total. The van der Waals surface area contributed by atoms with E-state index in [2.05, 4.69) is 48.6 Å². The molecule has 114 valence electrons. The number of benzene rings is 2. The first-order chi connectivity index (χ1) is 10.7. The van der Waals surface area contributed by atoms with E-state index in [1.807, 2.05) is 18.2 Å². The SMILES string of the molecule is Cc1cccc(C(NC(=O)C2CCCC2)c2ccccc2)c1. The van der Waals surface area contributed by atoms with E-state index >= 15 is 0 Å². The van der Waals surface area contributed by atoms with Crippen LogP contribution in [0.25, 0.3) is 0 Å². The average Bonchev–Trinajstić information content (AvgIpc) is 3.08. The van der Waals surface area contributed by atoms with Crippen LogP contribution in [0.15, 0.2) is 54.6 Å². The molecule has 0 aromatic heterocycles. The highest BCUT2D eigenvalue weighted by Gasteiger charge is 2.25. The number of rotatable bonds is 4. The number of carbonyl (C=O) groups is 1. The summed E-state index contributed by atoms with van der Waals surface area (Å²) in [6, 6.07) is 18.6. The maximum absolute atomic E-state index is 12.6. The Morgan fingerprint density at radius 2 is 1.68 bits per heavy atom. The Labute approximate surface area is 132 Å². The van der Waals surface area contributed by atoms with Crippen molar-refractivity contribution in [3.63, 3.8) is 0 Å². The van der Waals surface area contributed by atoms with Crippen molar-refractivity contribution in [3.05, 3.63) is 71.3 Å². The molecule has 1 aliphatic carbocycles. The van der Waals surface area contributed by atoms with Gasteiger partial charge in [0.15, 0.2) is 0 Å². The summed E-state index contributed by atoms with van der Waals surface area (Å²) in [5, 5.41) is 3.28. The predicted octanol–water partition coefficient (Wildman–Crippen LogP) is 4.39. The molecule has 1 amide bonds. The molecule has 0 heterocycles. The lowest BCUT2D eigenvalue weighted by Gasteiger charge is -2.22. The van der Waals surface area contributed by atoms with Crippen molar-refractivity contribution < 1.29 is 4.79 Å². The lowest BCUT2D eigenvalue weighted by atomic mass is 9.96. The van der Waals surface area contributed by atoms with Crippen LogP contribution in [-0.2, 0) is 4.79 Å². The summed E-state index contributed by atoms with van der Waals surface area (Å²) < 4.78 is 0. The molecule has 0 spiro atoms. The third kappa shape index (κ3) is 3.38. The van der Waals surface area contributed by atoms with Crippen LogP contribution in [0.1, 0.15) is 48.4 Å². The van der Waals surface area contributed by atoms with Crippen LogP contribution in [-0.4, -0.2) is 5.91 Å². The fourth-order valence-electron chi connectivity index (χ4n) is 3.30. The van der Waals surface area contributed by atoms with Crippen molar-refractivity contribution in [2.45, 2.75) is 38.6 Å². The molecule has 2 aromatic carbocycles. The minimum absolute atomic E-state index is 0.0609. The Balaban J connectivity index is 1.87. The van der Waals surface area contributed by atoms with Gasteiger partial charge in [0, 0.05) is 5.92 Å². The maximum atomic E-state index is 12.6.